The maximum atomic E-state index is 11.9. The highest BCUT2D eigenvalue weighted by atomic mass is 16.6. The monoisotopic (exact) mass is 338 g/mol. The van der Waals surface area contributed by atoms with Crippen LogP contribution in [0.1, 0.15) is 36.9 Å². The van der Waals surface area contributed by atoms with Gasteiger partial charge in [0.25, 0.3) is 0 Å². The first-order valence-corrected chi connectivity index (χ1v) is 9.05. The number of hydrogen-bond donors (Lipinski definition) is 1. The smallest absolute Gasteiger partial charge is 0.409 e. The van der Waals surface area contributed by atoms with E-state index in [1.165, 1.54) is 11.1 Å². The van der Waals surface area contributed by atoms with Crippen LogP contribution in [0.4, 0.5) is 4.79 Å². The Morgan fingerprint density at radius 3 is 2.04 bits per heavy atom. The third-order valence-corrected chi connectivity index (χ3v) is 4.69. The molecule has 1 aliphatic heterocycles. The Morgan fingerprint density at radius 2 is 1.56 bits per heavy atom. The molecule has 4 nitrogen and oxygen atoms in total. The molecule has 2 aromatic carbocycles. The maximum Gasteiger partial charge on any atom is 0.409 e. The molecule has 1 fully saturated rings. The first kappa shape index (κ1) is 17.5. The molecule has 1 heterocycles. The van der Waals surface area contributed by atoms with E-state index in [1.807, 2.05) is 24.0 Å². The van der Waals surface area contributed by atoms with E-state index in [9.17, 15) is 4.79 Å². The molecule has 0 spiro atoms. The Morgan fingerprint density at radius 1 is 1.04 bits per heavy atom. The molecule has 132 valence electrons. The van der Waals surface area contributed by atoms with E-state index in [-0.39, 0.29) is 12.1 Å². The topological polar surface area (TPSA) is 41.6 Å². The van der Waals surface area contributed by atoms with Crippen LogP contribution in [0.15, 0.2) is 60.7 Å². The number of nitrogens with zero attached hydrogens (tertiary/aromatic N) is 1. The van der Waals surface area contributed by atoms with Crippen LogP contribution in [0.25, 0.3) is 0 Å². The Labute approximate surface area is 149 Å². The zero-order chi connectivity index (χ0) is 17.5. The highest BCUT2D eigenvalue weighted by Crippen LogP contribution is 2.24. The van der Waals surface area contributed by atoms with Crippen LogP contribution in [0.2, 0.25) is 0 Å². The molecule has 25 heavy (non-hydrogen) atoms. The van der Waals surface area contributed by atoms with Gasteiger partial charge in [0.15, 0.2) is 0 Å². The van der Waals surface area contributed by atoms with Gasteiger partial charge in [-0.25, -0.2) is 4.79 Å². The molecular formula is C21H26N2O2. The molecule has 2 aromatic rings. The van der Waals surface area contributed by atoms with Crippen molar-refractivity contribution in [3.63, 3.8) is 0 Å². The van der Waals surface area contributed by atoms with E-state index in [2.05, 4.69) is 53.8 Å². The van der Waals surface area contributed by atoms with Crippen molar-refractivity contribution in [3.05, 3.63) is 71.8 Å². The van der Waals surface area contributed by atoms with E-state index < -0.39 is 0 Å². The van der Waals surface area contributed by atoms with Gasteiger partial charge < -0.3 is 15.0 Å². The second-order valence-electron chi connectivity index (χ2n) is 6.38. The van der Waals surface area contributed by atoms with Crippen molar-refractivity contribution in [2.75, 3.05) is 19.7 Å². The SMILES string of the molecule is CCOC(=O)N1CCC(NC(c2ccccc2)c2ccccc2)CC1. The number of carbonyl (C=O) groups excluding carboxylic acids is 1. The second-order valence-corrected chi connectivity index (χ2v) is 6.38. The van der Waals surface area contributed by atoms with Gasteiger partial charge in [-0.15, -0.1) is 0 Å². The number of carbonyl (C=O) groups is 1. The quantitative estimate of drug-likeness (QED) is 0.896. The molecule has 1 saturated heterocycles. The lowest BCUT2D eigenvalue weighted by atomic mass is 9.95. The van der Waals surface area contributed by atoms with Gasteiger partial charge in [-0.05, 0) is 30.9 Å². The van der Waals surface area contributed by atoms with E-state index in [1.54, 1.807) is 0 Å². The average Bonchev–Trinajstić information content (AvgIpc) is 2.68. The highest BCUT2D eigenvalue weighted by molar-refractivity contribution is 5.67. The van der Waals surface area contributed by atoms with Crippen molar-refractivity contribution in [2.45, 2.75) is 31.8 Å². The summed E-state index contributed by atoms with van der Waals surface area (Å²) in [4.78, 5) is 13.7. The number of likely N-dealkylation sites (tertiary alicyclic amines) is 1. The highest BCUT2D eigenvalue weighted by Gasteiger charge is 2.26. The summed E-state index contributed by atoms with van der Waals surface area (Å²) < 4.78 is 5.10. The fraction of sp³-hybridized carbons (Fsp3) is 0.381. The molecule has 1 aliphatic rings. The van der Waals surface area contributed by atoms with Crippen molar-refractivity contribution in [1.29, 1.82) is 0 Å². The lowest BCUT2D eigenvalue weighted by molar-refractivity contribution is 0.0945. The van der Waals surface area contributed by atoms with Crippen molar-refractivity contribution < 1.29 is 9.53 Å². The van der Waals surface area contributed by atoms with E-state index in [0.29, 0.717) is 12.6 Å². The summed E-state index contributed by atoms with van der Waals surface area (Å²) in [6, 6.07) is 21.6. The predicted octanol–water partition coefficient (Wildman–Crippen LogP) is 3.99. The van der Waals surface area contributed by atoms with Gasteiger partial charge in [0.05, 0.1) is 12.6 Å². The van der Waals surface area contributed by atoms with Crippen molar-refractivity contribution in [2.24, 2.45) is 0 Å². The minimum absolute atomic E-state index is 0.168. The molecule has 0 radical (unpaired) electrons. The molecule has 0 aromatic heterocycles. The van der Waals surface area contributed by atoms with Gasteiger partial charge in [0.2, 0.25) is 0 Å². The van der Waals surface area contributed by atoms with Crippen LogP contribution >= 0.6 is 0 Å². The van der Waals surface area contributed by atoms with Gasteiger partial charge in [-0.2, -0.15) is 0 Å². The molecule has 0 saturated carbocycles. The molecule has 4 heteroatoms. The molecule has 3 rings (SSSR count). The number of benzene rings is 2. The van der Waals surface area contributed by atoms with Crippen LogP contribution in [0.5, 0.6) is 0 Å². The van der Waals surface area contributed by atoms with Crippen LogP contribution in [-0.2, 0) is 4.74 Å². The van der Waals surface area contributed by atoms with Crippen LogP contribution in [0, 0.1) is 0 Å². The summed E-state index contributed by atoms with van der Waals surface area (Å²) in [6.07, 6.45) is 1.69. The first-order chi connectivity index (χ1) is 12.3. The van der Waals surface area contributed by atoms with E-state index in [0.717, 1.165) is 25.9 Å². The summed E-state index contributed by atoms with van der Waals surface area (Å²) in [7, 11) is 0. The number of ether oxygens (including phenoxy) is 1. The molecule has 0 atom stereocenters. The third-order valence-electron chi connectivity index (χ3n) is 4.69. The number of hydrogen-bond acceptors (Lipinski definition) is 3. The molecule has 0 unspecified atom stereocenters. The zero-order valence-electron chi connectivity index (χ0n) is 14.7. The summed E-state index contributed by atoms with van der Waals surface area (Å²) in [5.41, 5.74) is 2.53. The standard InChI is InChI=1S/C21H26N2O2/c1-2-25-21(24)23-15-13-19(14-16-23)22-20(17-9-5-3-6-10-17)18-11-7-4-8-12-18/h3-12,19-20,22H,2,13-16H2,1H3. The van der Waals surface area contributed by atoms with Crippen LogP contribution in [0.3, 0.4) is 0 Å². The number of nitrogens with one attached hydrogen (secondary N) is 1. The van der Waals surface area contributed by atoms with Gasteiger partial charge in [0.1, 0.15) is 0 Å². The van der Waals surface area contributed by atoms with Crippen LogP contribution < -0.4 is 5.32 Å². The number of amides is 1. The number of piperidine rings is 1. The predicted molar refractivity (Wildman–Crippen MR) is 99.5 cm³/mol. The summed E-state index contributed by atoms with van der Waals surface area (Å²) in [5, 5.41) is 3.80. The van der Waals surface area contributed by atoms with Crippen molar-refractivity contribution in [3.8, 4) is 0 Å². The Kier molecular flexibility index (Phi) is 6.07. The molecule has 0 bridgehead atoms. The first-order valence-electron chi connectivity index (χ1n) is 9.05. The molecule has 1 amide bonds. The lowest BCUT2D eigenvalue weighted by Crippen LogP contribution is -2.46. The third kappa shape index (κ3) is 4.60. The summed E-state index contributed by atoms with van der Waals surface area (Å²) >= 11 is 0. The van der Waals surface area contributed by atoms with Gasteiger partial charge in [-0.3, -0.25) is 0 Å². The van der Waals surface area contributed by atoms with Gasteiger partial charge in [0, 0.05) is 19.1 Å². The molecule has 1 N–H and O–H groups in total. The average molecular weight is 338 g/mol. The fourth-order valence-electron chi connectivity index (χ4n) is 3.36. The minimum atomic E-state index is -0.191. The van der Waals surface area contributed by atoms with Crippen LogP contribution in [-0.4, -0.2) is 36.7 Å². The Bertz CT molecular complexity index is 613. The van der Waals surface area contributed by atoms with Gasteiger partial charge in [-0.1, -0.05) is 60.7 Å². The Hall–Kier alpha value is -2.33. The lowest BCUT2D eigenvalue weighted by Gasteiger charge is -2.34. The summed E-state index contributed by atoms with van der Waals surface area (Å²) in [6.45, 7) is 3.76. The normalized spacial score (nSPS) is 15.4. The second kappa shape index (κ2) is 8.67. The van der Waals surface area contributed by atoms with Gasteiger partial charge >= 0.3 is 6.09 Å². The molecule has 0 aliphatic carbocycles. The largest absolute Gasteiger partial charge is 0.450 e. The summed E-state index contributed by atoms with van der Waals surface area (Å²) in [5.74, 6) is 0. The minimum Gasteiger partial charge on any atom is -0.450 e. The molecular weight excluding hydrogens is 312 g/mol. The van der Waals surface area contributed by atoms with Crippen molar-refractivity contribution in [1.82, 2.24) is 10.2 Å². The van der Waals surface area contributed by atoms with E-state index in [4.69, 9.17) is 4.74 Å². The Balaban J connectivity index is 1.67. The zero-order valence-corrected chi connectivity index (χ0v) is 14.7. The van der Waals surface area contributed by atoms with Crippen molar-refractivity contribution >= 4 is 6.09 Å². The number of rotatable bonds is 5. The fourth-order valence-corrected chi connectivity index (χ4v) is 3.36. The van der Waals surface area contributed by atoms with E-state index >= 15 is 0 Å². The maximum absolute atomic E-state index is 11.9.